The number of aromatic nitrogens is 3. The summed E-state index contributed by atoms with van der Waals surface area (Å²) in [6, 6.07) is 12.2. The third-order valence-electron chi connectivity index (χ3n) is 8.98. The van der Waals surface area contributed by atoms with Gasteiger partial charge in [0.2, 0.25) is 12.5 Å². The molecule has 1 fully saturated rings. The molecule has 1 saturated heterocycles. The van der Waals surface area contributed by atoms with Crippen LogP contribution < -0.4 is 33.2 Å². The largest absolute Gasteiger partial charge is 0.493 e. The fraction of sp³-hybridized carbons (Fsp3) is 0.353. The Kier molecular flexibility index (Phi) is 7.74. The highest BCUT2D eigenvalue weighted by Crippen LogP contribution is 2.56. The quantitative estimate of drug-likeness (QED) is 0.179. The van der Waals surface area contributed by atoms with Crippen LogP contribution in [0.5, 0.6) is 40.2 Å². The van der Waals surface area contributed by atoms with Gasteiger partial charge in [-0.1, -0.05) is 5.21 Å². The van der Waals surface area contributed by atoms with Crippen molar-refractivity contribution in [3.63, 3.8) is 0 Å². The molecule has 3 aliphatic rings. The summed E-state index contributed by atoms with van der Waals surface area (Å²) in [6.45, 7) is 1.86. The van der Waals surface area contributed by atoms with E-state index in [1.165, 1.54) is 14.0 Å². The Bertz CT molecular complexity index is 1850. The Morgan fingerprint density at radius 1 is 0.872 bits per heavy atom. The average molecular weight is 644 g/mol. The fourth-order valence-electron chi connectivity index (χ4n) is 6.83. The minimum atomic E-state index is -0.566. The van der Waals surface area contributed by atoms with Crippen molar-refractivity contribution < 1.29 is 47.5 Å². The number of ether oxygens (including phenoxy) is 8. The molecular weight excluding hydrogens is 610 g/mol. The van der Waals surface area contributed by atoms with Crippen molar-refractivity contribution in [2.24, 2.45) is 11.8 Å². The summed E-state index contributed by atoms with van der Waals surface area (Å²) in [5, 5.41) is 8.89. The van der Waals surface area contributed by atoms with Crippen LogP contribution in [-0.4, -0.2) is 68.6 Å². The number of cyclic esters (lactones) is 1. The van der Waals surface area contributed by atoms with E-state index >= 15 is 0 Å². The van der Waals surface area contributed by atoms with Crippen molar-refractivity contribution in [2.45, 2.75) is 25.5 Å². The molecule has 0 amide bonds. The first-order chi connectivity index (χ1) is 22.8. The van der Waals surface area contributed by atoms with E-state index in [1.807, 2.05) is 24.3 Å². The van der Waals surface area contributed by atoms with Crippen LogP contribution in [0.25, 0.3) is 0 Å². The van der Waals surface area contributed by atoms with Gasteiger partial charge in [0.15, 0.2) is 40.3 Å². The number of esters is 1. The van der Waals surface area contributed by atoms with E-state index in [2.05, 4.69) is 10.3 Å². The first kappa shape index (κ1) is 30.2. The molecule has 1 aromatic heterocycles. The van der Waals surface area contributed by atoms with Gasteiger partial charge >= 0.3 is 5.97 Å². The maximum absolute atomic E-state index is 13.6. The van der Waals surface area contributed by atoms with Gasteiger partial charge in [-0.3, -0.25) is 9.59 Å². The molecule has 0 N–H and O–H groups in total. The van der Waals surface area contributed by atoms with Crippen LogP contribution in [0.15, 0.2) is 48.7 Å². The Balaban J connectivity index is 1.29. The number of Topliss-reactive ketones (excluding diaryl/α,β-unsaturated/α-hetero) is 1. The van der Waals surface area contributed by atoms with E-state index in [0.29, 0.717) is 51.5 Å². The molecular formula is C34H33N3O10. The van der Waals surface area contributed by atoms with Crippen molar-refractivity contribution in [3.05, 3.63) is 76.6 Å². The zero-order valence-corrected chi connectivity index (χ0v) is 26.5. The van der Waals surface area contributed by atoms with E-state index in [-0.39, 0.29) is 37.7 Å². The van der Waals surface area contributed by atoms with Crippen LogP contribution >= 0.6 is 0 Å². The summed E-state index contributed by atoms with van der Waals surface area (Å²) in [4.78, 5) is 25.4. The zero-order valence-electron chi connectivity index (χ0n) is 26.5. The third-order valence-corrected chi connectivity index (χ3v) is 8.98. The lowest BCUT2D eigenvalue weighted by atomic mass is 9.65. The first-order valence-electron chi connectivity index (χ1n) is 15.0. The van der Waals surface area contributed by atoms with Gasteiger partial charge in [0.25, 0.3) is 0 Å². The fourth-order valence-corrected chi connectivity index (χ4v) is 6.83. The molecule has 2 aliphatic heterocycles. The van der Waals surface area contributed by atoms with E-state index in [4.69, 9.17) is 37.9 Å². The molecule has 0 spiro atoms. The minimum Gasteiger partial charge on any atom is -0.493 e. The highest BCUT2D eigenvalue weighted by molar-refractivity contribution is 5.94. The third kappa shape index (κ3) is 5.11. The van der Waals surface area contributed by atoms with Crippen LogP contribution in [0.3, 0.4) is 0 Å². The summed E-state index contributed by atoms with van der Waals surface area (Å²) in [5.41, 5.74) is 3.62. The Hall–Kier alpha value is -5.46. The zero-order chi connectivity index (χ0) is 32.8. The molecule has 0 saturated carbocycles. The van der Waals surface area contributed by atoms with E-state index in [1.54, 1.807) is 50.4 Å². The molecule has 244 valence electrons. The van der Waals surface area contributed by atoms with Gasteiger partial charge in [-0.25, -0.2) is 4.68 Å². The summed E-state index contributed by atoms with van der Waals surface area (Å²) in [7, 11) is 6.17. The maximum Gasteiger partial charge on any atom is 0.310 e. The second-order valence-corrected chi connectivity index (χ2v) is 11.4. The number of carbonyl (C=O) groups excluding carboxylic acids is 2. The molecule has 13 heteroatoms. The first-order valence-corrected chi connectivity index (χ1v) is 15.0. The lowest BCUT2D eigenvalue weighted by Gasteiger charge is -2.39. The minimum absolute atomic E-state index is 0.0756. The number of methoxy groups -OCH3 is 4. The topological polar surface area (TPSA) is 139 Å². The standard InChI is InChI=1S/C34H33N3O10/c1-17(38)18-6-7-24(25(8-18)40-2)44-14-20-13-37(36-35-20)32-22-12-27-26(46-16-47-27)11-21(22)30(31-23(32)15-45-34(31)39)19-9-28(41-3)33(43-5)29(10-19)42-4/h6-13,23,30-32H,14-16H2,1-5H3/t23-,30+,31-,32-/m0/s1. The highest BCUT2D eigenvalue weighted by atomic mass is 16.7. The van der Waals surface area contributed by atoms with Crippen molar-refractivity contribution >= 4 is 11.8 Å². The van der Waals surface area contributed by atoms with Crippen LogP contribution in [0.1, 0.15) is 51.6 Å². The molecule has 47 heavy (non-hydrogen) atoms. The number of rotatable bonds is 10. The van der Waals surface area contributed by atoms with Crippen LogP contribution in [-0.2, 0) is 16.1 Å². The van der Waals surface area contributed by atoms with Gasteiger partial charge in [-0.15, -0.1) is 5.10 Å². The Morgan fingerprint density at radius 2 is 1.57 bits per heavy atom. The van der Waals surface area contributed by atoms with Gasteiger partial charge in [0.1, 0.15) is 12.3 Å². The molecule has 0 bridgehead atoms. The summed E-state index contributed by atoms with van der Waals surface area (Å²) in [5.74, 6) is 1.81. The molecule has 4 aromatic rings. The Labute approximate surface area is 270 Å². The van der Waals surface area contributed by atoms with Crippen molar-refractivity contribution in [2.75, 3.05) is 41.8 Å². The summed E-state index contributed by atoms with van der Waals surface area (Å²) >= 11 is 0. The van der Waals surface area contributed by atoms with Crippen molar-refractivity contribution in [1.29, 1.82) is 0 Å². The van der Waals surface area contributed by atoms with Crippen LogP contribution in [0.2, 0.25) is 0 Å². The van der Waals surface area contributed by atoms with Gasteiger partial charge in [-0.05, 0) is 66.1 Å². The van der Waals surface area contributed by atoms with Crippen molar-refractivity contribution in [1.82, 2.24) is 15.0 Å². The van der Waals surface area contributed by atoms with Gasteiger partial charge < -0.3 is 37.9 Å². The Morgan fingerprint density at radius 3 is 2.23 bits per heavy atom. The normalized spacial score (nSPS) is 20.6. The second kappa shape index (κ2) is 12.0. The molecule has 0 radical (unpaired) electrons. The van der Waals surface area contributed by atoms with Crippen molar-refractivity contribution in [3.8, 4) is 40.2 Å². The lowest BCUT2D eigenvalue weighted by Crippen LogP contribution is -2.37. The molecule has 4 atom stereocenters. The second-order valence-electron chi connectivity index (χ2n) is 11.4. The number of ketones is 1. The smallest absolute Gasteiger partial charge is 0.310 e. The lowest BCUT2D eigenvalue weighted by molar-refractivity contribution is -0.141. The van der Waals surface area contributed by atoms with Gasteiger partial charge in [-0.2, -0.15) is 0 Å². The van der Waals surface area contributed by atoms with E-state index < -0.39 is 17.9 Å². The van der Waals surface area contributed by atoms with Crippen LogP contribution in [0, 0.1) is 11.8 Å². The molecule has 3 aromatic carbocycles. The summed E-state index contributed by atoms with van der Waals surface area (Å²) in [6.07, 6.45) is 1.80. The average Bonchev–Trinajstić information content (AvgIpc) is 3.85. The van der Waals surface area contributed by atoms with Gasteiger partial charge in [0.05, 0.1) is 53.2 Å². The monoisotopic (exact) mass is 643 g/mol. The van der Waals surface area contributed by atoms with E-state index in [0.717, 1.165) is 16.7 Å². The number of nitrogens with zero attached hydrogens (tertiary/aromatic N) is 3. The summed E-state index contributed by atoms with van der Waals surface area (Å²) < 4.78 is 47.4. The predicted octanol–water partition coefficient (Wildman–Crippen LogP) is 4.35. The SMILES string of the molecule is COc1cc(C(C)=O)ccc1OCc1cn([C@H]2c3cc4c(cc3[C@@H](c3cc(OC)c(OC)c(OC)c3)[C@H]3C(=O)OC[C@@H]32)OCO4)nn1. The van der Waals surface area contributed by atoms with Gasteiger partial charge in [0, 0.05) is 17.4 Å². The van der Waals surface area contributed by atoms with E-state index in [9.17, 15) is 9.59 Å². The molecule has 1 aliphatic carbocycles. The number of fused-ring (bicyclic) bond motifs is 3. The molecule has 3 heterocycles. The highest BCUT2D eigenvalue weighted by Gasteiger charge is 2.53. The van der Waals surface area contributed by atoms with Crippen LogP contribution in [0.4, 0.5) is 0 Å². The molecule has 0 unspecified atom stereocenters. The molecule has 7 rings (SSSR count). The predicted molar refractivity (Wildman–Crippen MR) is 164 cm³/mol. The number of carbonyl (C=O) groups is 2. The number of benzene rings is 3. The number of hydrogen-bond donors (Lipinski definition) is 0. The maximum atomic E-state index is 13.6. The number of hydrogen-bond acceptors (Lipinski definition) is 12. The molecule has 13 nitrogen and oxygen atoms in total.